The largest absolute Gasteiger partial charge is 0.325 e. The Bertz CT molecular complexity index is 1460. The van der Waals surface area contributed by atoms with Gasteiger partial charge in [-0.2, -0.15) is 5.10 Å². The molecule has 0 saturated heterocycles. The number of aromatic nitrogens is 5. The molecule has 3 heterocycles. The molecule has 5 aromatic rings. The number of hydrogen-bond donors (Lipinski definition) is 1. The maximum Gasteiger partial charge on any atom is 0.234 e. The van der Waals surface area contributed by atoms with E-state index >= 15 is 0 Å². The Morgan fingerprint density at radius 2 is 1.91 bits per heavy atom. The van der Waals surface area contributed by atoms with Crippen LogP contribution in [0.15, 0.2) is 66.1 Å². The lowest BCUT2D eigenvalue weighted by Crippen LogP contribution is -2.15. The van der Waals surface area contributed by atoms with Gasteiger partial charge in [-0.25, -0.2) is 4.52 Å². The number of thioether (sulfide) groups is 1. The van der Waals surface area contributed by atoms with Gasteiger partial charge in [-0.1, -0.05) is 47.6 Å². The fourth-order valence-electron chi connectivity index (χ4n) is 3.45. The standard InChI is InChI=1S/C23H19ClN6OS/c1-14-4-3-5-18(15(14)2)25-21(31)13-32-23-27-26-22-20-12-19(16-6-8-17(24)9-7-16)28-30(20)11-10-29(22)23/h3-12H,13H2,1-2H3,(H,25,31). The van der Waals surface area contributed by atoms with Crippen LogP contribution in [0.25, 0.3) is 22.4 Å². The molecule has 0 aliphatic carbocycles. The Morgan fingerprint density at radius 3 is 2.72 bits per heavy atom. The molecule has 3 aromatic heterocycles. The molecule has 0 bridgehead atoms. The van der Waals surface area contributed by atoms with Crippen molar-refractivity contribution in [3.8, 4) is 11.3 Å². The fraction of sp³-hybridized carbons (Fsp3) is 0.130. The van der Waals surface area contributed by atoms with Crippen molar-refractivity contribution in [2.45, 2.75) is 19.0 Å². The lowest BCUT2D eigenvalue weighted by molar-refractivity contribution is -0.113. The highest BCUT2D eigenvalue weighted by Crippen LogP contribution is 2.25. The molecule has 0 aliphatic rings. The van der Waals surface area contributed by atoms with E-state index in [0.717, 1.165) is 33.6 Å². The number of carbonyl (C=O) groups is 1. The van der Waals surface area contributed by atoms with Crippen molar-refractivity contribution in [1.82, 2.24) is 24.2 Å². The first-order valence-corrected chi connectivity index (χ1v) is 11.3. The summed E-state index contributed by atoms with van der Waals surface area (Å²) in [6.07, 6.45) is 3.71. The lowest BCUT2D eigenvalue weighted by Gasteiger charge is -2.09. The van der Waals surface area contributed by atoms with Gasteiger partial charge in [0.15, 0.2) is 10.8 Å². The molecule has 0 unspecified atom stereocenters. The van der Waals surface area contributed by atoms with Gasteiger partial charge in [0.1, 0.15) is 5.52 Å². The third-order valence-electron chi connectivity index (χ3n) is 5.34. The first-order valence-electron chi connectivity index (χ1n) is 9.97. The van der Waals surface area contributed by atoms with E-state index < -0.39 is 0 Å². The Balaban J connectivity index is 1.37. The van der Waals surface area contributed by atoms with Gasteiger partial charge in [-0.3, -0.25) is 9.20 Å². The number of nitrogens with zero attached hydrogens (tertiary/aromatic N) is 5. The Kier molecular flexibility index (Phi) is 5.32. The molecule has 9 heteroatoms. The van der Waals surface area contributed by atoms with Crippen molar-refractivity contribution in [3.05, 3.63) is 77.1 Å². The van der Waals surface area contributed by atoms with Gasteiger partial charge in [0.2, 0.25) is 5.91 Å². The average molecular weight is 463 g/mol. The van der Waals surface area contributed by atoms with E-state index in [0.29, 0.717) is 15.8 Å². The van der Waals surface area contributed by atoms with Gasteiger partial charge < -0.3 is 5.32 Å². The minimum atomic E-state index is -0.0871. The SMILES string of the molecule is Cc1cccc(NC(=O)CSc2nnc3c4cc(-c5ccc(Cl)cc5)nn4ccn23)c1C. The van der Waals surface area contributed by atoms with Crippen molar-refractivity contribution in [2.75, 3.05) is 11.1 Å². The summed E-state index contributed by atoms with van der Waals surface area (Å²) in [7, 11) is 0. The summed E-state index contributed by atoms with van der Waals surface area (Å²) in [5, 5.41) is 17.6. The predicted octanol–water partition coefficient (Wildman–Crippen LogP) is 5.05. The number of aryl methyl sites for hydroxylation is 1. The molecular weight excluding hydrogens is 444 g/mol. The van der Waals surface area contributed by atoms with Gasteiger partial charge in [0, 0.05) is 28.7 Å². The van der Waals surface area contributed by atoms with Gasteiger partial charge in [-0.15, -0.1) is 10.2 Å². The average Bonchev–Trinajstić information content (AvgIpc) is 3.40. The van der Waals surface area contributed by atoms with Crippen LogP contribution in [0.2, 0.25) is 5.02 Å². The van der Waals surface area contributed by atoms with E-state index in [-0.39, 0.29) is 11.7 Å². The number of carbonyl (C=O) groups excluding carboxylic acids is 1. The number of anilines is 1. The molecule has 1 N–H and O–H groups in total. The van der Waals surface area contributed by atoms with Crippen LogP contribution in [-0.2, 0) is 4.79 Å². The van der Waals surface area contributed by atoms with Crippen molar-refractivity contribution < 1.29 is 4.79 Å². The van der Waals surface area contributed by atoms with Crippen LogP contribution in [0.5, 0.6) is 0 Å². The summed E-state index contributed by atoms with van der Waals surface area (Å²) in [4.78, 5) is 12.5. The second-order valence-electron chi connectivity index (χ2n) is 7.42. The monoisotopic (exact) mass is 462 g/mol. The molecule has 0 saturated carbocycles. The van der Waals surface area contributed by atoms with Gasteiger partial charge >= 0.3 is 0 Å². The molecule has 0 spiro atoms. The number of hydrogen-bond acceptors (Lipinski definition) is 5. The van der Waals surface area contributed by atoms with E-state index in [2.05, 4.69) is 20.6 Å². The smallest absolute Gasteiger partial charge is 0.234 e. The van der Waals surface area contributed by atoms with E-state index in [4.69, 9.17) is 11.6 Å². The van der Waals surface area contributed by atoms with E-state index in [1.165, 1.54) is 11.8 Å². The Hall–Kier alpha value is -3.36. The summed E-state index contributed by atoms with van der Waals surface area (Å²) in [5.74, 6) is 0.144. The number of amides is 1. The van der Waals surface area contributed by atoms with Crippen LogP contribution in [0, 0.1) is 13.8 Å². The molecule has 0 fully saturated rings. The van der Waals surface area contributed by atoms with Crippen LogP contribution in [0.3, 0.4) is 0 Å². The second-order valence-corrected chi connectivity index (χ2v) is 8.80. The molecule has 1 amide bonds. The molecule has 7 nitrogen and oxygen atoms in total. The van der Waals surface area contributed by atoms with Crippen molar-refractivity contribution in [1.29, 1.82) is 0 Å². The molecule has 0 aliphatic heterocycles. The van der Waals surface area contributed by atoms with E-state index in [1.54, 1.807) is 4.52 Å². The number of halogens is 1. The maximum absolute atomic E-state index is 12.5. The fourth-order valence-corrected chi connectivity index (χ4v) is 4.30. The number of fused-ring (bicyclic) bond motifs is 3. The molecule has 2 aromatic carbocycles. The highest BCUT2D eigenvalue weighted by Gasteiger charge is 2.14. The van der Waals surface area contributed by atoms with Crippen LogP contribution < -0.4 is 5.32 Å². The first-order chi connectivity index (χ1) is 15.5. The highest BCUT2D eigenvalue weighted by atomic mass is 35.5. The zero-order chi connectivity index (χ0) is 22.2. The number of rotatable bonds is 5. The first kappa shape index (κ1) is 20.5. The lowest BCUT2D eigenvalue weighted by atomic mass is 10.1. The minimum absolute atomic E-state index is 0.0871. The number of benzene rings is 2. The quantitative estimate of drug-likeness (QED) is 0.370. The molecule has 0 atom stereocenters. The molecule has 0 radical (unpaired) electrons. The minimum Gasteiger partial charge on any atom is -0.325 e. The summed E-state index contributed by atoms with van der Waals surface area (Å²) in [5.41, 5.74) is 6.33. The molecule has 5 rings (SSSR count). The van der Waals surface area contributed by atoms with Gasteiger partial charge in [0.05, 0.1) is 11.4 Å². The van der Waals surface area contributed by atoms with Gasteiger partial charge in [0.25, 0.3) is 0 Å². The maximum atomic E-state index is 12.5. The van der Waals surface area contributed by atoms with Crippen LogP contribution in [0.1, 0.15) is 11.1 Å². The van der Waals surface area contributed by atoms with Crippen LogP contribution >= 0.6 is 23.4 Å². The zero-order valence-electron chi connectivity index (χ0n) is 17.4. The van der Waals surface area contributed by atoms with Crippen molar-refractivity contribution in [3.63, 3.8) is 0 Å². The summed E-state index contributed by atoms with van der Waals surface area (Å²) < 4.78 is 3.65. The number of nitrogens with one attached hydrogen (secondary N) is 1. The van der Waals surface area contributed by atoms with Crippen molar-refractivity contribution >= 4 is 46.1 Å². The summed E-state index contributed by atoms with van der Waals surface area (Å²) >= 11 is 7.33. The summed E-state index contributed by atoms with van der Waals surface area (Å²) in [6.45, 7) is 4.02. The van der Waals surface area contributed by atoms with Crippen LogP contribution in [-0.4, -0.2) is 35.9 Å². The highest BCUT2D eigenvalue weighted by molar-refractivity contribution is 7.99. The molecule has 160 valence electrons. The van der Waals surface area contributed by atoms with Crippen LogP contribution in [0.4, 0.5) is 5.69 Å². The Labute approximate surface area is 193 Å². The normalized spacial score (nSPS) is 11.3. The van der Waals surface area contributed by atoms with Gasteiger partial charge in [-0.05, 0) is 49.2 Å². The van der Waals surface area contributed by atoms with Crippen molar-refractivity contribution in [2.24, 2.45) is 0 Å². The second kappa shape index (κ2) is 8.29. The van der Waals surface area contributed by atoms with E-state index in [1.807, 2.05) is 79.2 Å². The predicted molar refractivity (Wildman–Crippen MR) is 127 cm³/mol. The molecule has 32 heavy (non-hydrogen) atoms. The Morgan fingerprint density at radius 1 is 1.09 bits per heavy atom. The zero-order valence-corrected chi connectivity index (χ0v) is 19.0. The summed E-state index contributed by atoms with van der Waals surface area (Å²) in [6, 6.07) is 15.4. The third-order valence-corrected chi connectivity index (χ3v) is 6.53. The third kappa shape index (κ3) is 3.83. The topological polar surface area (TPSA) is 76.6 Å². The molecular formula is C23H19ClN6OS. The van der Waals surface area contributed by atoms with E-state index in [9.17, 15) is 4.79 Å².